The van der Waals surface area contributed by atoms with E-state index in [1.807, 2.05) is 12.1 Å². The summed E-state index contributed by atoms with van der Waals surface area (Å²) in [6.45, 7) is 0. The Labute approximate surface area is 135 Å². The third-order valence-corrected chi connectivity index (χ3v) is 3.63. The number of benzene rings is 2. The minimum absolute atomic E-state index is 0.284. The average molecular weight is 321 g/mol. The fraction of sp³-hybridized carbons (Fsp3) is 0. The predicted octanol–water partition coefficient (Wildman–Crippen LogP) is 4.07. The number of anilines is 2. The summed E-state index contributed by atoms with van der Waals surface area (Å²) in [6, 6.07) is 13.5. The zero-order valence-electron chi connectivity index (χ0n) is 12.4. The molecular formula is C18H12FN3O2. The van der Waals surface area contributed by atoms with Crippen molar-refractivity contribution in [2.75, 3.05) is 5.32 Å². The van der Waals surface area contributed by atoms with Crippen molar-refractivity contribution >= 4 is 22.5 Å². The molecule has 0 aliphatic heterocycles. The second-order valence-corrected chi connectivity index (χ2v) is 5.32. The van der Waals surface area contributed by atoms with Crippen LogP contribution in [-0.4, -0.2) is 9.97 Å². The SMILES string of the molecule is O=c1[nH]c2ccc(-c3cncc(Nc4ccc(F)cc4)c3)cc2o1. The zero-order chi connectivity index (χ0) is 16.5. The first-order valence-electron chi connectivity index (χ1n) is 7.28. The summed E-state index contributed by atoms with van der Waals surface area (Å²) in [5.74, 6) is -0.763. The van der Waals surface area contributed by atoms with E-state index in [-0.39, 0.29) is 5.82 Å². The molecule has 0 aliphatic carbocycles. The van der Waals surface area contributed by atoms with Gasteiger partial charge in [0.05, 0.1) is 17.4 Å². The number of pyridine rings is 1. The first kappa shape index (κ1) is 14.2. The lowest BCUT2D eigenvalue weighted by molar-refractivity contribution is 0.555. The number of hydrogen-bond acceptors (Lipinski definition) is 4. The van der Waals surface area contributed by atoms with Crippen LogP contribution in [-0.2, 0) is 0 Å². The molecule has 0 amide bonds. The van der Waals surface area contributed by atoms with Crippen LogP contribution in [0.1, 0.15) is 0 Å². The Morgan fingerprint density at radius 1 is 0.958 bits per heavy atom. The summed E-state index contributed by atoms with van der Waals surface area (Å²) in [6.07, 6.45) is 3.41. The van der Waals surface area contributed by atoms with Gasteiger partial charge in [-0.2, -0.15) is 0 Å². The van der Waals surface area contributed by atoms with Gasteiger partial charge in [-0.25, -0.2) is 9.18 Å². The molecule has 0 fully saturated rings. The highest BCUT2D eigenvalue weighted by molar-refractivity contribution is 5.80. The van der Waals surface area contributed by atoms with Gasteiger partial charge in [-0.15, -0.1) is 0 Å². The number of aromatic nitrogens is 2. The summed E-state index contributed by atoms with van der Waals surface area (Å²) in [7, 11) is 0. The van der Waals surface area contributed by atoms with E-state index in [4.69, 9.17) is 4.42 Å². The molecule has 0 spiro atoms. The van der Waals surface area contributed by atoms with Crippen molar-refractivity contribution < 1.29 is 8.81 Å². The number of oxazole rings is 1. The molecule has 24 heavy (non-hydrogen) atoms. The minimum atomic E-state index is -0.480. The van der Waals surface area contributed by atoms with Gasteiger partial charge in [-0.3, -0.25) is 9.97 Å². The topological polar surface area (TPSA) is 70.9 Å². The fourth-order valence-electron chi connectivity index (χ4n) is 2.49. The van der Waals surface area contributed by atoms with E-state index >= 15 is 0 Å². The lowest BCUT2D eigenvalue weighted by Crippen LogP contribution is -1.92. The smallest absolute Gasteiger partial charge is 0.408 e. The number of rotatable bonds is 3. The summed E-state index contributed by atoms with van der Waals surface area (Å²) in [5, 5.41) is 3.17. The lowest BCUT2D eigenvalue weighted by atomic mass is 10.1. The van der Waals surface area contributed by atoms with Crippen LogP contribution in [0.3, 0.4) is 0 Å². The first-order chi connectivity index (χ1) is 11.7. The van der Waals surface area contributed by atoms with Crippen LogP contribution in [0.25, 0.3) is 22.2 Å². The predicted molar refractivity (Wildman–Crippen MR) is 89.7 cm³/mol. The Morgan fingerprint density at radius 3 is 2.62 bits per heavy atom. The van der Waals surface area contributed by atoms with Crippen molar-refractivity contribution in [1.82, 2.24) is 9.97 Å². The molecule has 2 aromatic carbocycles. The van der Waals surface area contributed by atoms with Crippen LogP contribution in [0, 0.1) is 5.82 Å². The van der Waals surface area contributed by atoms with E-state index in [9.17, 15) is 9.18 Å². The van der Waals surface area contributed by atoms with Crippen LogP contribution < -0.4 is 11.1 Å². The maximum atomic E-state index is 13.0. The third kappa shape index (κ3) is 2.77. The zero-order valence-corrected chi connectivity index (χ0v) is 12.4. The summed E-state index contributed by atoms with van der Waals surface area (Å²) >= 11 is 0. The van der Waals surface area contributed by atoms with Crippen molar-refractivity contribution in [2.45, 2.75) is 0 Å². The molecule has 0 radical (unpaired) electrons. The Hall–Kier alpha value is -3.41. The van der Waals surface area contributed by atoms with Gasteiger partial charge in [0.1, 0.15) is 5.82 Å². The average Bonchev–Trinajstić information content (AvgIpc) is 2.96. The van der Waals surface area contributed by atoms with Crippen LogP contribution in [0.4, 0.5) is 15.8 Å². The van der Waals surface area contributed by atoms with Crippen LogP contribution in [0.2, 0.25) is 0 Å². The maximum absolute atomic E-state index is 13.0. The molecule has 0 atom stereocenters. The van der Waals surface area contributed by atoms with E-state index < -0.39 is 5.76 Å². The molecule has 4 rings (SSSR count). The Balaban J connectivity index is 1.67. The monoisotopic (exact) mass is 321 g/mol. The number of aromatic amines is 1. The van der Waals surface area contributed by atoms with Crippen LogP contribution in [0.5, 0.6) is 0 Å². The Morgan fingerprint density at radius 2 is 1.79 bits per heavy atom. The van der Waals surface area contributed by atoms with Crippen LogP contribution in [0.15, 0.2) is 70.1 Å². The van der Waals surface area contributed by atoms with Gasteiger partial charge >= 0.3 is 5.76 Å². The summed E-state index contributed by atoms with van der Waals surface area (Å²) < 4.78 is 18.1. The highest BCUT2D eigenvalue weighted by Gasteiger charge is 2.05. The van der Waals surface area contributed by atoms with Crippen molar-refractivity contribution in [2.24, 2.45) is 0 Å². The van der Waals surface area contributed by atoms with Gasteiger partial charge in [-0.1, -0.05) is 6.07 Å². The van der Waals surface area contributed by atoms with E-state index in [0.29, 0.717) is 11.1 Å². The van der Waals surface area contributed by atoms with Gasteiger partial charge in [0.2, 0.25) is 0 Å². The molecule has 2 heterocycles. The van der Waals surface area contributed by atoms with Crippen molar-refractivity contribution in [3.63, 3.8) is 0 Å². The summed E-state index contributed by atoms with van der Waals surface area (Å²) in [4.78, 5) is 18.1. The van der Waals surface area contributed by atoms with Crippen molar-refractivity contribution in [3.05, 3.63) is 77.3 Å². The molecule has 2 N–H and O–H groups in total. The molecule has 6 heteroatoms. The van der Waals surface area contributed by atoms with Crippen molar-refractivity contribution in [3.8, 4) is 11.1 Å². The number of nitrogens with zero attached hydrogens (tertiary/aromatic N) is 1. The third-order valence-electron chi connectivity index (χ3n) is 3.63. The quantitative estimate of drug-likeness (QED) is 0.597. The lowest BCUT2D eigenvalue weighted by Gasteiger charge is -2.08. The Kier molecular flexibility index (Phi) is 3.35. The first-order valence-corrected chi connectivity index (χ1v) is 7.28. The van der Waals surface area contributed by atoms with Gasteiger partial charge < -0.3 is 9.73 Å². The summed E-state index contributed by atoms with van der Waals surface area (Å²) in [5.41, 5.74) is 4.43. The van der Waals surface area contributed by atoms with E-state index in [2.05, 4.69) is 15.3 Å². The highest BCUT2D eigenvalue weighted by atomic mass is 19.1. The van der Waals surface area contributed by atoms with Crippen molar-refractivity contribution in [1.29, 1.82) is 0 Å². The van der Waals surface area contributed by atoms with E-state index in [0.717, 1.165) is 22.5 Å². The molecule has 2 aromatic heterocycles. The molecule has 0 unspecified atom stereocenters. The molecule has 0 saturated heterocycles. The normalized spacial score (nSPS) is 10.9. The molecule has 4 aromatic rings. The van der Waals surface area contributed by atoms with Gasteiger partial charge in [0, 0.05) is 17.4 Å². The molecule has 118 valence electrons. The van der Waals surface area contributed by atoms with E-state index in [1.54, 1.807) is 36.7 Å². The molecule has 0 bridgehead atoms. The fourth-order valence-corrected chi connectivity index (χ4v) is 2.49. The number of halogens is 1. The number of hydrogen-bond donors (Lipinski definition) is 2. The molecule has 5 nitrogen and oxygen atoms in total. The Bertz CT molecular complexity index is 1070. The number of H-pyrrole nitrogens is 1. The number of fused-ring (bicyclic) bond motifs is 1. The largest absolute Gasteiger partial charge is 0.417 e. The van der Waals surface area contributed by atoms with Crippen LogP contribution >= 0.6 is 0 Å². The number of nitrogens with one attached hydrogen (secondary N) is 2. The maximum Gasteiger partial charge on any atom is 0.417 e. The molecular weight excluding hydrogens is 309 g/mol. The highest BCUT2D eigenvalue weighted by Crippen LogP contribution is 2.26. The van der Waals surface area contributed by atoms with Gasteiger partial charge in [0.15, 0.2) is 5.58 Å². The minimum Gasteiger partial charge on any atom is -0.408 e. The van der Waals surface area contributed by atoms with E-state index in [1.165, 1.54) is 12.1 Å². The second-order valence-electron chi connectivity index (χ2n) is 5.32. The molecule has 0 saturated carbocycles. The van der Waals surface area contributed by atoms with Gasteiger partial charge in [-0.05, 0) is 48.0 Å². The molecule has 0 aliphatic rings. The standard InChI is InChI=1S/C18H12FN3O2/c19-13-2-4-14(5-3-13)21-15-7-12(9-20-10-15)11-1-6-16-17(8-11)24-18(23)22-16/h1-10,21H,(H,22,23). The second kappa shape index (κ2) is 5.66. The van der Waals surface area contributed by atoms with Gasteiger partial charge in [0.25, 0.3) is 0 Å².